The molecule has 19 heavy (non-hydrogen) atoms. The fraction of sp³-hybridized carbons (Fsp3) is 0.133. The number of hydrogen-bond donors (Lipinski definition) is 0. The molecule has 0 amide bonds. The number of carbonyl (C=O) groups excluding carboxylic acids is 1. The first-order valence-electron chi connectivity index (χ1n) is 6.05. The third-order valence-corrected chi connectivity index (χ3v) is 3.12. The van der Waals surface area contributed by atoms with Crippen LogP contribution in [0.25, 0.3) is 10.9 Å². The van der Waals surface area contributed by atoms with Crippen LogP contribution in [0.3, 0.4) is 0 Å². The van der Waals surface area contributed by atoms with Crippen LogP contribution in [0.5, 0.6) is 0 Å². The van der Waals surface area contributed by atoms with E-state index < -0.39 is 0 Å². The van der Waals surface area contributed by atoms with E-state index in [0.29, 0.717) is 11.3 Å². The van der Waals surface area contributed by atoms with Crippen LogP contribution < -0.4 is 0 Å². The van der Waals surface area contributed by atoms with Crippen molar-refractivity contribution >= 4 is 16.7 Å². The van der Waals surface area contributed by atoms with Gasteiger partial charge in [-0.05, 0) is 24.6 Å². The van der Waals surface area contributed by atoms with Crippen LogP contribution in [0.4, 0.5) is 0 Å². The quantitative estimate of drug-likeness (QED) is 0.657. The first-order valence-corrected chi connectivity index (χ1v) is 6.05. The van der Waals surface area contributed by atoms with Crippen LogP contribution >= 0.6 is 0 Å². The number of ketones is 1. The summed E-state index contributed by atoms with van der Waals surface area (Å²) in [5.41, 5.74) is 2.92. The summed E-state index contributed by atoms with van der Waals surface area (Å²) in [6.45, 7) is 1.99. The maximum atomic E-state index is 12.3. The minimum Gasteiger partial charge on any atom is -0.287 e. The van der Waals surface area contributed by atoms with Crippen molar-refractivity contribution in [3.8, 4) is 0 Å². The fourth-order valence-electron chi connectivity index (χ4n) is 2.15. The SMILES string of the molecule is Cc1cc(C(=O)c2cnn(C)c2)nc2ccccc12. The molecule has 3 rings (SSSR count). The van der Waals surface area contributed by atoms with Crippen LogP contribution in [0, 0.1) is 6.92 Å². The van der Waals surface area contributed by atoms with E-state index in [1.165, 1.54) is 0 Å². The molecule has 0 saturated carbocycles. The van der Waals surface area contributed by atoms with Crippen LogP contribution in [0.1, 0.15) is 21.6 Å². The molecule has 0 atom stereocenters. The molecule has 4 nitrogen and oxygen atoms in total. The summed E-state index contributed by atoms with van der Waals surface area (Å²) >= 11 is 0. The average molecular weight is 251 g/mol. The van der Waals surface area contributed by atoms with E-state index in [1.54, 1.807) is 24.1 Å². The second-order valence-electron chi connectivity index (χ2n) is 4.57. The maximum absolute atomic E-state index is 12.3. The summed E-state index contributed by atoms with van der Waals surface area (Å²) in [4.78, 5) is 16.8. The van der Waals surface area contributed by atoms with Crippen molar-refractivity contribution in [3.05, 3.63) is 59.5 Å². The fourth-order valence-corrected chi connectivity index (χ4v) is 2.15. The van der Waals surface area contributed by atoms with Gasteiger partial charge in [-0.3, -0.25) is 9.48 Å². The van der Waals surface area contributed by atoms with Gasteiger partial charge in [-0.25, -0.2) is 4.98 Å². The second kappa shape index (κ2) is 4.31. The highest BCUT2D eigenvalue weighted by Crippen LogP contribution is 2.18. The molecular weight excluding hydrogens is 238 g/mol. The normalized spacial score (nSPS) is 10.8. The Morgan fingerprint density at radius 1 is 1.26 bits per heavy atom. The Hall–Kier alpha value is -2.49. The van der Waals surface area contributed by atoms with Gasteiger partial charge in [-0.15, -0.1) is 0 Å². The zero-order valence-corrected chi connectivity index (χ0v) is 10.8. The lowest BCUT2D eigenvalue weighted by Gasteiger charge is -2.04. The number of benzene rings is 1. The largest absolute Gasteiger partial charge is 0.287 e. The van der Waals surface area contributed by atoms with Crippen molar-refractivity contribution in [3.63, 3.8) is 0 Å². The molecule has 0 spiro atoms. The Bertz CT molecular complexity index is 774. The van der Waals surface area contributed by atoms with Crippen molar-refractivity contribution < 1.29 is 4.79 Å². The number of carbonyl (C=O) groups is 1. The zero-order valence-electron chi connectivity index (χ0n) is 10.8. The second-order valence-corrected chi connectivity index (χ2v) is 4.57. The van der Waals surface area contributed by atoms with Crippen LogP contribution in [-0.2, 0) is 7.05 Å². The number of aryl methyl sites for hydroxylation is 2. The van der Waals surface area contributed by atoms with Crippen molar-refractivity contribution in [2.24, 2.45) is 7.05 Å². The number of nitrogens with zero attached hydrogens (tertiary/aromatic N) is 3. The molecule has 2 aromatic heterocycles. The first-order chi connectivity index (χ1) is 9.15. The predicted molar refractivity (Wildman–Crippen MR) is 73.1 cm³/mol. The molecule has 0 unspecified atom stereocenters. The predicted octanol–water partition coefficient (Wildman–Crippen LogP) is 2.51. The molecule has 0 N–H and O–H groups in total. The van der Waals surface area contributed by atoms with Gasteiger partial charge < -0.3 is 0 Å². The van der Waals surface area contributed by atoms with Crippen LogP contribution in [-0.4, -0.2) is 20.5 Å². The topological polar surface area (TPSA) is 47.8 Å². The van der Waals surface area contributed by atoms with E-state index >= 15 is 0 Å². The molecule has 2 heterocycles. The van der Waals surface area contributed by atoms with E-state index in [0.717, 1.165) is 16.5 Å². The van der Waals surface area contributed by atoms with Crippen LogP contribution in [0.2, 0.25) is 0 Å². The van der Waals surface area contributed by atoms with Gasteiger partial charge in [0.1, 0.15) is 5.69 Å². The summed E-state index contributed by atoms with van der Waals surface area (Å²) in [6, 6.07) is 9.66. The Morgan fingerprint density at radius 3 is 2.79 bits per heavy atom. The maximum Gasteiger partial charge on any atom is 0.214 e. The molecule has 0 aliphatic carbocycles. The van der Waals surface area contributed by atoms with E-state index in [2.05, 4.69) is 10.1 Å². The number of fused-ring (bicyclic) bond motifs is 1. The Kier molecular flexibility index (Phi) is 2.63. The van der Waals surface area contributed by atoms with Crippen molar-refractivity contribution in [1.29, 1.82) is 0 Å². The van der Waals surface area contributed by atoms with Gasteiger partial charge >= 0.3 is 0 Å². The molecule has 94 valence electrons. The van der Waals surface area contributed by atoms with E-state index in [4.69, 9.17) is 0 Å². The Labute approximate surface area is 110 Å². The van der Waals surface area contributed by atoms with E-state index in [9.17, 15) is 4.79 Å². The van der Waals surface area contributed by atoms with E-state index in [-0.39, 0.29) is 5.78 Å². The molecule has 0 fully saturated rings. The summed E-state index contributed by atoms with van der Waals surface area (Å²) in [6.07, 6.45) is 3.27. The third-order valence-electron chi connectivity index (χ3n) is 3.12. The standard InChI is InChI=1S/C15H13N3O/c1-10-7-14(15(19)11-8-16-18(2)9-11)17-13-6-4-3-5-12(10)13/h3-9H,1-2H3. The van der Waals surface area contributed by atoms with Crippen LogP contribution in [0.15, 0.2) is 42.7 Å². The lowest BCUT2D eigenvalue weighted by atomic mass is 10.1. The molecular formula is C15H13N3O. The average Bonchev–Trinajstić information content (AvgIpc) is 2.84. The van der Waals surface area contributed by atoms with Gasteiger partial charge in [0.2, 0.25) is 5.78 Å². The summed E-state index contributed by atoms with van der Waals surface area (Å²) in [5, 5.41) is 5.09. The summed E-state index contributed by atoms with van der Waals surface area (Å²) in [5.74, 6) is -0.0954. The van der Waals surface area contributed by atoms with Gasteiger partial charge in [0.05, 0.1) is 17.3 Å². The zero-order chi connectivity index (χ0) is 13.4. The molecule has 4 heteroatoms. The van der Waals surface area contributed by atoms with Gasteiger partial charge in [0.15, 0.2) is 0 Å². The van der Waals surface area contributed by atoms with Gasteiger partial charge in [-0.1, -0.05) is 18.2 Å². The first kappa shape index (κ1) is 11.6. The lowest BCUT2D eigenvalue weighted by Crippen LogP contribution is -2.04. The summed E-state index contributed by atoms with van der Waals surface area (Å²) in [7, 11) is 1.79. The monoisotopic (exact) mass is 251 g/mol. The Balaban J connectivity index is 2.13. The number of pyridine rings is 1. The minimum atomic E-state index is -0.0954. The Morgan fingerprint density at radius 2 is 2.05 bits per heavy atom. The lowest BCUT2D eigenvalue weighted by molar-refractivity contribution is 0.103. The molecule has 0 bridgehead atoms. The van der Waals surface area contributed by atoms with Gasteiger partial charge in [0.25, 0.3) is 0 Å². The number of aromatic nitrogens is 3. The highest BCUT2D eigenvalue weighted by atomic mass is 16.1. The van der Waals surface area contributed by atoms with Crippen molar-refractivity contribution in [2.45, 2.75) is 6.92 Å². The highest BCUT2D eigenvalue weighted by Gasteiger charge is 2.14. The van der Waals surface area contributed by atoms with E-state index in [1.807, 2.05) is 37.3 Å². The highest BCUT2D eigenvalue weighted by molar-refractivity contribution is 6.08. The van der Waals surface area contributed by atoms with Crippen molar-refractivity contribution in [2.75, 3.05) is 0 Å². The van der Waals surface area contributed by atoms with Crippen molar-refractivity contribution in [1.82, 2.24) is 14.8 Å². The van der Waals surface area contributed by atoms with Gasteiger partial charge in [-0.2, -0.15) is 5.10 Å². The van der Waals surface area contributed by atoms with Gasteiger partial charge in [0, 0.05) is 18.6 Å². The molecule has 0 saturated heterocycles. The molecule has 0 aliphatic heterocycles. The number of hydrogen-bond acceptors (Lipinski definition) is 3. The minimum absolute atomic E-state index is 0.0954. The number of para-hydroxylation sites is 1. The molecule has 0 radical (unpaired) electrons. The smallest absolute Gasteiger partial charge is 0.214 e. The molecule has 0 aliphatic rings. The molecule has 3 aromatic rings. The summed E-state index contributed by atoms with van der Waals surface area (Å²) < 4.78 is 1.61. The molecule has 1 aromatic carbocycles. The number of rotatable bonds is 2. The third kappa shape index (κ3) is 2.01.